The van der Waals surface area contributed by atoms with Gasteiger partial charge in [-0.3, -0.25) is 0 Å². The van der Waals surface area contributed by atoms with Gasteiger partial charge in [0.15, 0.2) is 0 Å². The Morgan fingerprint density at radius 2 is 1.71 bits per heavy atom. The number of nitrogens with one attached hydrogen (secondary N) is 2. The van der Waals surface area contributed by atoms with E-state index in [0.29, 0.717) is 31.3 Å². The smallest absolute Gasteiger partial charge is 0.315 e. The number of hydrogen-bond donors (Lipinski definition) is 2. The Morgan fingerprint density at radius 1 is 0.958 bits per heavy atom. The first-order valence-electron chi connectivity index (χ1n) is 8.12. The van der Waals surface area contributed by atoms with Gasteiger partial charge in [0, 0.05) is 24.7 Å². The van der Waals surface area contributed by atoms with Gasteiger partial charge in [0.25, 0.3) is 0 Å². The second kappa shape index (κ2) is 10.7. The van der Waals surface area contributed by atoms with Crippen LogP contribution >= 0.6 is 11.6 Å². The molecule has 0 aliphatic rings. The molecule has 0 radical (unpaired) electrons. The third kappa shape index (κ3) is 7.02. The first kappa shape index (κ1) is 18.3. The zero-order valence-electron chi connectivity index (χ0n) is 13.6. The molecule has 0 spiro atoms. The van der Waals surface area contributed by atoms with Gasteiger partial charge in [-0.2, -0.15) is 0 Å². The minimum Gasteiger partial charge on any atom is -0.381 e. The molecular weight excluding hydrogens is 324 g/mol. The van der Waals surface area contributed by atoms with E-state index in [1.54, 1.807) is 0 Å². The highest BCUT2D eigenvalue weighted by atomic mass is 35.5. The molecule has 128 valence electrons. The van der Waals surface area contributed by atoms with E-state index >= 15 is 0 Å². The number of carbonyl (C=O) groups is 1. The predicted octanol–water partition coefficient (Wildman–Crippen LogP) is 3.79. The first-order chi connectivity index (χ1) is 11.8. The molecule has 2 aromatic rings. The van der Waals surface area contributed by atoms with Gasteiger partial charge >= 0.3 is 6.03 Å². The van der Waals surface area contributed by atoms with Crippen LogP contribution in [-0.4, -0.2) is 25.8 Å². The summed E-state index contributed by atoms with van der Waals surface area (Å²) < 4.78 is 5.58. The van der Waals surface area contributed by atoms with Crippen LogP contribution in [-0.2, 0) is 17.7 Å². The first-order valence-corrected chi connectivity index (χ1v) is 8.50. The summed E-state index contributed by atoms with van der Waals surface area (Å²) in [6.07, 6.45) is 1.70. The number of benzene rings is 2. The molecule has 0 aliphatic carbocycles. The third-order valence-corrected chi connectivity index (χ3v) is 3.89. The molecule has 2 N–H and O–H groups in total. The van der Waals surface area contributed by atoms with Crippen LogP contribution < -0.4 is 10.6 Å². The van der Waals surface area contributed by atoms with E-state index in [1.807, 2.05) is 42.5 Å². The highest BCUT2D eigenvalue weighted by Crippen LogP contribution is 2.14. The molecule has 2 rings (SSSR count). The van der Waals surface area contributed by atoms with Crippen LogP contribution in [0, 0.1) is 0 Å². The molecular formula is C19H23ClN2O2. The monoisotopic (exact) mass is 346 g/mol. The average Bonchev–Trinajstić information content (AvgIpc) is 2.61. The Labute approximate surface area is 148 Å². The Morgan fingerprint density at radius 3 is 2.50 bits per heavy atom. The SMILES string of the molecule is O=C(NCCCOCCc1ccccc1)NCc1ccccc1Cl. The summed E-state index contributed by atoms with van der Waals surface area (Å²) in [6.45, 7) is 2.33. The third-order valence-electron chi connectivity index (χ3n) is 3.53. The molecule has 0 fully saturated rings. The minimum atomic E-state index is -0.195. The van der Waals surface area contributed by atoms with Crippen molar-refractivity contribution < 1.29 is 9.53 Å². The van der Waals surface area contributed by atoms with Crippen molar-refractivity contribution >= 4 is 17.6 Å². The molecule has 2 amide bonds. The zero-order chi connectivity index (χ0) is 17.0. The van der Waals surface area contributed by atoms with E-state index in [4.69, 9.17) is 16.3 Å². The van der Waals surface area contributed by atoms with Gasteiger partial charge in [0.05, 0.1) is 6.61 Å². The lowest BCUT2D eigenvalue weighted by Gasteiger charge is -2.09. The standard InChI is InChI=1S/C19H23ClN2O2/c20-18-10-5-4-9-17(18)15-22-19(23)21-12-6-13-24-14-11-16-7-2-1-3-8-16/h1-5,7-10H,6,11-15H2,(H2,21,22,23). The maximum Gasteiger partial charge on any atom is 0.315 e. The summed E-state index contributed by atoms with van der Waals surface area (Å²) in [5.74, 6) is 0. The van der Waals surface area contributed by atoms with Gasteiger partial charge in [-0.15, -0.1) is 0 Å². The number of amides is 2. The Kier molecular flexibility index (Phi) is 8.15. The van der Waals surface area contributed by atoms with E-state index in [2.05, 4.69) is 22.8 Å². The van der Waals surface area contributed by atoms with E-state index in [-0.39, 0.29) is 6.03 Å². The van der Waals surface area contributed by atoms with Gasteiger partial charge in [0.2, 0.25) is 0 Å². The molecule has 0 bridgehead atoms. The number of halogens is 1. The number of rotatable bonds is 9. The van der Waals surface area contributed by atoms with Crippen molar-refractivity contribution in [2.24, 2.45) is 0 Å². The van der Waals surface area contributed by atoms with Crippen LogP contribution in [0.4, 0.5) is 4.79 Å². The second-order valence-corrected chi connectivity index (χ2v) is 5.81. The number of ether oxygens (including phenoxy) is 1. The summed E-state index contributed by atoms with van der Waals surface area (Å²) in [4.78, 5) is 11.7. The van der Waals surface area contributed by atoms with Crippen molar-refractivity contribution in [2.45, 2.75) is 19.4 Å². The van der Waals surface area contributed by atoms with Gasteiger partial charge in [-0.25, -0.2) is 4.79 Å². The lowest BCUT2D eigenvalue weighted by molar-refractivity contribution is 0.135. The van der Waals surface area contributed by atoms with Crippen LogP contribution in [0.25, 0.3) is 0 Å². The van der Waals surface area contributed by atoms with Crippen molar-refractivity contribution in [2.75, 3.05) is 19.8 Å². The Bertz CT molecular complexity index is 620. The second-order valence-electron chi connectivity index (χ2n) is 5.40. The average molecular weight is 347 g/mol. The fourth-order valence-electron chi connectivity index (χ4n) is 2.19. The lowest BCUT2D eigenvalue weighted by Crippen LogP contribution is -2.35. The van der Waals surface area contributed by atoms with E-state index in [0.717, 1.165) is 18.4 Å². The summed E-state index contributed by atoms with van der Waals surface area (Å²) in [6, 6.07) is 17.5. The van der Waals surface area contributed by atoms with Gasteiger partial charge in [-0.05, 0) is 30.0 Å². The highest BCUT2D eigenvalue weighted by molar-refractivity contribution is 6.31. The van der Waals surface area contributed by atoms with Crippen LogP contribution in [0.5, 0.6) is 0 Å². The molecule has 24 heavy (non-hydrogen) atoms. The van der Waals surface area contributed by atoms with Gasteiger partial charge in [-0.1, -0.05) is 60.1 Å². The molecule has 5 heteroatoms. The molecule has 0 aromatic heterocycles. The topological polar surface area (TPSA) is 50.4 Å². The summed E-state index contributed by atoms with van der Waals surface area (Å²) >= 11 is 6.04. The van der Waals surface area contributed by atoms with Crippen molar-refractivity contribution in [3.63, 3.8) is 0 Å². The molecule has 0 saturated carbocycles. The zero-order valence-corrected chi connectivity index (χ0v) is 14.4. The van der Waals surface area contributed by atoms with Crippen molar-refractivity contribution in [3.8, 4) is 0 Å². The fraction of sp³-hybridized carbons (Fsp3) is 0.316. The lowest BCUT2D eigenvalue weighted by atomic mass is 10.2. The van der Waals surface area contributed by atoms with Crippen LogP contribution in [0.1, 0.15) is 17.5 Å². The highest BCUT2D eigenvalue weighted by Gasteiger charge is 2.02. The number of urea groups is 1. The summed E-state index contributed by atoms with van der Waals surface area (Å²) in [7, 11) is 0. The van der Waals surface area contributed by atoms with Crippen LogP contribution in [0.15, 0.2) is 54.6 Å². The molecule has 0 aliphatic heterocycles. The van der Waals surface area contributed by atoms with Gasteiger partial charge in [0.1, 0.15) is 0 Å². The minimum absolute atomic E-state index is 0.195. The number of hydrogen-bond acceptors (Lipinski definition) is 2. The van der Waals surface area contributed by atoms with E-state index in [1.165, 1.54) is 5.56 Å². The Hall–Kier alpha value is -2.04. The van der Waals surface area contributed by atoms with Crippen LogP contribution in [0.3, 0.4) is 0 Å². The summed E-state index contributed by atoms with van der Waals surface area (Å²) in [5, 5.41) is 6.25. The normalized spacial score (nSPS) is 10.4. The molecule has 0 atom stereocenters. The summed E-state index contributed by atoms with van der Waals surface area (Å²) in [5.41, 5.74) is 2.17. The molecule has 4 nitrogen and oxygen atoms in total. The Balaban J connectivity index is 1.48. The quantitative estimate of drug-likeness (QED) is 0.679. The van der Waals surface area contributed by atoms with Crippen molar-refractivity contribution in [1.29, 1.82) is 0 Å². The fourth-order valence-corrected chi connectivity index (χ4v) is 2.40. The number of carbonyl (C=O) groups excluding carboxylic acids is 1. The largest absolute Gasteiger partial charge is 0.381 e. The van der Waals surface area contributed by atoms with Gasteiger partial charge < -0.3 is 15.4 Å². The maximum absolute atomic E-state index is 11.7. The van der Waals surface area contributed by atoms with E-state index < -0.39 is 0 Å². The maximum atomic E-state index is 11.7. The predicted molar refractivity (Wildman–Crippen MR) is 97.3 cm³/mol. The molecule has 2 aromatic carbocycles. The molecule has 0 unspecified atom stereocenters. The van der Waals surface area contributed by atoms with E-state index in [9.17, 15) is 4.79 Å². The molecule has 0 saturated heterocycles. The van der Waals surface area contributed by atoms with Crippen molar-refractivity contribution in [1.82, 2.24) is 10.6 Å². The molecule has 0 heterocycles. The van der Waals surface area contributed by atoms with Crippen molar-refractivity contribution in [3.05, 3.63) is 70.7 Å². The van der Waals surface area contributed by atoms with Crippen LogP contribution in [0.2, 0.25) is 5.02 Å².